The van der Waals surface area contributed by atoms with E-state index in [1.807, 2.05) is 0 Å². The smallest absolute Gasteiger partial charge is 0.318 e. The van der Waals surface area contributed by atoms with Gasteiger partial charge in [0.25, 0.3) is 0 Å². The summed E-state index contributed by atoms with van der Waals surface area (Å²) in [6.45, 7) is 2.04. The van der Waals surface area contributed by atoms with Crippen LogP contribution < -0.4 is 10.6 Å². The molecule has 3 N–H and O–H groups in total. The quantitative estimate of drug-likeness (QED) is 0.579. The number of amides is 4. The summed E-state index contributed by atoms with van der Waals surface area (Å²) in [4.78, 5) is 47.0. The fraction of sp³-hybridized carbons (Fsp3) is 0.667. The van der Waals surface area contributed by atoms with Gasteiger partial charge in [0.2, 0.25) is 11.8 Å². The third-order valence-corrected chi connectivity index (χ3v) is 3.81. The van der Waals surface area contributed by atoms with Crippen LogP contribution in [0.25, 0.3) is 0 Å². The number of piperidine rings is 1. The first-order chi connectivity index (χ1) is 9.32. The van der Waals surface area contributed by atoms with E-state index in [2.05, 4.69) is 10.6 Å². The highest BCUT2D eigenvalue weighted by molar-refractivity contribution is 6.01. The lowest BCUT2D eigenvalue weighted by molar-refractivity contribution is -0.147. The average Bonchev–Trinajstić information content (AvgIpc) is 2.77. The van der Waals surface area contributed by atoms with Crippen LogP contribution in [0.15, 0.2) is 0 Å². The second-order valence-electron chi connectivity index (χ2n) is 5.49. The van der Waals surface area contributed by atoms with Crippen molar-refractivity contribution in [3.63, 3.8) is 0 Å². The monoisotopic (exact) mass is 283 g/mol. The number of carbonyl (C=O) groups is 4. The van der Waals surface area contributed by atoms with Crippen molar-refractivity contribution in [1.82, 2.24) is 15.5 Å². The number of carbonyl (C=O) groups excluding carboxylic acids is 3. The molecule has 2 fully saturated rings. The van der Waals surface area contributed by atoms with Gasteiger partial charge in [-0.15, -0.1) is 0 Å². The van der Waals surface area contributed by atoms with Crippen LogP contribution >= 0.6 is 0 Å². The zero-order valence-electron chi connectivity index (χ0n) is 11.1. The number of rotatable bonds is 2. The summed E-state index contributed by atoms with van der Waals surface area (Å²) in [6.07, 6.45) is 0.828. The number of urea groups is 1. The van der Waals surface area contributed by atoms with E-state index < -0.39 is 29.4 Å². The van der Waals surface area contributed by atoms with Crippen molar-refractivity contribution in [2.24, 2.45) is 5.41 Å². The molecule has 0 aromatic rings. The van der Waals surface area contributed by atoms with Crippen LogP contribution in [0.1, 0.15) is 26.2 Å². The Bertz CT molecular complexity index is 478. The van der Waals surface area contributed by atoms with Crippen LogP contribution in [-0.2, 0) is 14.4 Å². The molecule has 2 heterocycles. The molecule has 110 valence electrons. The minimum atomic E-state index is -0.942. The van der Waals surface area contributed by atoms with Crippen molar-refractivity contribution in [3.05, 3.63) is 0 Å². The average molecular weight is 283 g/mol. The molecule has 0 spiro atoms. The van der Waals surface area contributed by atoms with Crippen LogP contribution in [0.2, 0.25) is 0 Å². The summed E-state index contributed by atoms with van der Waals surface area (Å²) in [7, 11) is 0. The van der Waals surface area contributed by atoms with Crippen LogP contribution in [0, 0.1) is 5.41 Å². The molecule has 2 saturated heterocycles. The topological polar surface area (TPSA) is 116 Å². The number of imide groups is 1. The van der Waals surface area contributed by atoms with E-state index in [9.17, 15) is 19.2 Å². The Hall–Kier alpha value is -2.12. The number of carboxylic acids is 1. The molecule has 2 atom stereocenters. The number of nitrogens with one attached hydrogen (secondary N) is 2. The number of nitrogens with zero attached hydrogens (tertiary/aromatic N) is 1. The van der Waals surface area contributed by atoms with E-state index in [1.165, 1.54) is 4.90 Å². The van der Waals surface area contributed by atoms with Crippen molar-refractivity contribution in [3.8, 4) is 0 Å². The largest absolute Gasteiger partial charge is 0.481 e. The molecule has 20 heavy (non-hydrogen) atoms. The molecule has 2 aliphatic rings. The molecule has 2 rings (SSSR count). The van der Waals surface area contributed by atoms with Gasteiger partial charge in [-0.05, 0) is 19.8 Å². The Kier molecular flexibility index (Phi) is 3.65. The summed E-state index contributed by atoms with van der Waals surface area (Å²) in [6, 6.07) is -1.21. The molecule has 0 aromatic heterocycles. The Balaban J connectivity index is 1.92. The summed E-state index contributed by atoms with van der Waals surface area (Å²) in [5.41, 5.74) is -0.942. The number of carboxylic acid groups (broad SMARTS) is 1. The van der Waals surface area contributed by atoms with Gasteiger partial charge in [0.1, 0.15) is 6.04 Å². The molecule has 0 saturated carbocycles. The number of aliphatic carboxylic acids is 1. The molecule has 8 heteroatoms. The SMILES string of the molecule is CC1(C(=O)O)CCN(C(=O)NC2CCC(=O)NC2=O)C1. The van der Waals surface area contributed by atoms with Crippen molar-refractivity contribution in [2.45, 2.75) is 32.2 Å². The summed E-state index contributed by atoms with van der Waals surface area (Å²) in [5, 5.41) is 13.8. The summed E-state index contributed by atoms with van der Waals surface area (Å²) in [5.74, 6) is -1.80. The third kappa shape index (κ3) is 2.73. The Labute approximate surface area is 115 Å². The van der Waals surface area contributed by atoms with Gasteiger partial charge in [-0.25, -0.2) is 4.79 Å². The molecular weight excluding hydrogens is 266 g/mol. The number of hydrogen-bond donors (Lipinski definition) is 3. The maximum absolute atomic E-state index is 12.0. The van der Waals surface area contributed by atoms with Crippen LogP contribution in [0.4, 0.5) is 4.79 Å². The highest BCUT2D eigenvalue weighted by Crippen LogP contribution is 2.30. The van der Waals surface area contributed by atoms with Gasteiger partial charge in [0, 0.05) is 19.5 Å². The first kappa shape index (κ1) is 14.3. The van der Waals surface area contributed by atoms with Crippen molar-refractivity contribution >= 4 is 23.8 Å². The van der Waals surface area contributed by atoms with Crippen LogP contribution in [-0.4, -0.2) is 53.0 Å². The lowest BCUT2D eigenvalue weighted by Crippen LogP contribution is -2.55. The van der Waals surface area contributed by atoms with Gasteiger partial charge >= 0.3 is 12.0 Å². The third-order valence-electron chi connectivity index (χ3n) is 3.81. The standard InChI is InChI=1S/C12H17N3O5/c1-12(10(18)19)4-5-15(6-12)11(20)13-7-2-3-8(16)14-9(7)17/h7H,2-6H2,1H3,(H,13,20)(H,18,19)(H,14,16,17). The maximum atomic E-state index is 12.0. The highest BCUT2D eigenvalue weighted by Gasteiger charge is 2.42. The number of hydrogen-bond acceptors (Lipinski definition) is 4. The zero-order valence-corrected chi connectivity index (χ0v) is 11.1. The fourth-order valence-electron chi connectivity index (χ4n) is 2.38. The Morgan fingerprint density at radius 2 is 2.15 bits per heavy atom. The van der Waals surface area contributed by atoms with Gasteiger partial charge in [-0.1, -0.05) is 0 Å². The lowest BCUT2D eigenvalue weighted by Gasteiger charge is -2.25. The molecular formula is C12H17N3O5. The molecule has 4 amide bonds. The van der Waals surface area contributed by atoms with Gasteiger partial charge < -0.3 is 15.3 Å². The molecule has 0 bridgehead atoms. The molecule has 2 unspecified atom stereocenters. The predicted molar refractivity (Wildman–Crippen MR) is 66.6 cm³/mol. The second-order valence-corrected chi connectivity index (χ2v) is 5.49. The number of likely N-dealkylation sites (tertiary alicyclic amines) is 1. The zero-order chi connectivity index (χ0) is 14.9. The van der Waals surface area contributed by atoms with Crippen LogP contribution in [0.5, 0.6) is 0 Å². The Morgan fingerprint density at radius 1 is 1.45 bits per heavy atom. The predicted octanol–water partition coefficient (Wildman–Crippen LogP) is -0.702. The Morgan fingerprint density at radius 3 is 2.70 bits per heavy atom. The van der Waals surface area contributed by atoms with E-state index in [1.54, 1.807) is 6.92 Å². The van der Waals surface area contributed by atoms with Gasteiger partial charge in [0.15, 0.2) is 0 Å². The first-order valence-corrected chi connectivity index (χ1v) is 6.44. The maximum Gasteiger partial charge on any atom is 0.318 e. The van der Waals surface area contributed by atoms with E-state index in [0.29, 0.717) is 13.0 Å². The van der Waals surface area contributed by atoms with Crippen molar-refractivity contribution < 1.29 is 24.3 Å². The lowest BCUT2D eigenvalue weighted by atomic mass is 9.90. The minimum absolute atomic E-state index is 0.113. The van der Waals surface area contributed by atoms with Gasteiger partial charge in [0.05, 0.1) is 5.41 Å². The molecule has 0 aromatic carbocycles. The van der Waals surface area contributed by atoms with Crippen molar-refractivity contribution in [2.75, 3.05) is 13.1 Å². The molecule has 0 radical (unpaired) electrons. The molecule has 8 nitrogen and oxygen atoms in total. The van der Waals surface area contributed by atoms with Gasteiger partial charge in [-0.2, -0.15) is 0 Å². The molecule has 2 aliphatic heterocycles. The summed E-state index contributed by atoms with van der Waals surface area (Å²) >= 11 is 0. The van der Waals surface area contributed by atoms with E-state index in [-0.39, 0.29) is 25.3 Å². The minimum Gasteiger partial charge on any atom is -0.481 e. The van der Waals surface area contributed by atoms with Crippen molar-refractivity contribution in [1.29, 1.82) is 0 Å². The normalized spacial score (nSPS) is 30.1. The van der Waals surface area contributed by atoms with E-state index in [4.69, 9.17) is 5.11 Å². The molecule has 0 aliphatic carbocycles. The highest BCUT2D eigenvalue weighted by atomic mass is 16.4. The van der Waals surface area contributed by atoms with E-state index >= 15 is 0 Å². The first-order valence-electron chi connectivity index (χ1n) is 6.44. The van der Waals surface area contributed by atoms with E-state index in [0.717, 1.165) is 0 Å². The fourth-order valence-corrected chi connectivity index (χ4v) is 2.38. The van der Waals surface area contributed by atoms with Gasteiger partial charge in [-0.3, -0.25) is 19.7 Å². The van der Waals surface area contributed by atoms with Crippen LogP contribution in [0.3, 0.4) is 0 Å². The second kappa shape index (κ2) is 5.10. The summed E-state index contributed by atoms with van der Waals surface area (Å²) < 4.78 is 0.